The first-order valence-corrected chi connectivity index (χ1v) is 7.46. The summed E-state index contributed by atoms with van der Waals surface area (Å²) in [5.41, 5.74) is 4.84. The SMILES string of the molecule is CCc1ccc2occ(C(=O)N3Cc4cnn(C)c4C3)c2c1. The molecule has 0 aliphatic carbocycles. The quantitative estimate of drug-likeness (QED) is 0.730. The fourth-order valence-electron chi connectivity index (χ4n) is 3.06. The molecule has 0 fully saturated rings. The molecule has 22 heavy (non-hydrogen) atoms. The highest BCUT2D eigenvalue weighted by Gasteiger charge is 2.28. The summed E-state index contributed by atoms with van der Waals surface area (Å²) in [6, 6.07) is 6.03. The topological polar surface area (TPSA) is 51.3 Å². The van der Waals surface area contributed by atoms with Gasteiger partial charge in [-0.25, -0.2) is 0 Å². The standard InChI is InChI=1S/C17H17N3O2/c1-3-11-4-5-16-13(6-11)14(10-22-16)17(21)20-8-12-7-18-19(2)15(12)9-20/h4-7,10H,3,8-9H2,1-2H3. The molecule has 2 aromatic heterocycles. The van der Waals surface area contributed by atoms with E-state index in [4.69, 9.17) is 4.42 Å². The van der Waals surface area contributed by atoms with Crippen molar-refractivity contribution in [1.82, 2.24) is 14.7 Å². The summed E-state index contributed by atoms with van der Waals surface area (Å²) in [4.78, 5) is 14.7. The molecule has 0 radical (unpaired) electrons. The van der Waals surface area contributed by atoms with Crippen LogP contribution in [0, 0.1) is 0 Å². The highest BCUT2D eigenvalue weighted by Crippen LogP contribution is 2.28. The Hall–Kier alpha value is -2.56. The molecule has 1 aromatic carbocycles. The molecule has 0 atom stereocenters. The zero-order valence-corrected chi connectivity index (χ0v) is 12.7. The van der Waals surface area contributed by atoms with Crippen molar-refractivity contribution in [1.29, 1.82) is 0 Å². The lowest BCUT2D eigenvalue weighted by Gasteiger charge is -2.15. The van der Waals surface area contributed by atoms with E-state index in [0.717, 1.165) is 28.6 Å². The number of fused-ring (bicyclic) bond motifs is 2. The average Bonchev–Trinajstić information content (AvgIpc) is 3.22. The second-order valence-corrected chi connectivity index (χ2v) is 5.73. The van der Waals surface area contributed by atoms with E-state index in [1.165, 1.54) is 5.56 Å². The molecule has 4 rings (SSSR count). The van der Waals surface area contributed by atoms with E-state index in [1.54, 1.807) is 6.26 Å². The van der Waals surface area contributed by atoms with Gasteiger partial charge < -0.3 is 9.32 Å². The fraction of sp³-hybridized carbons (Fsp3) is 0.294. The number of carbonyl (C=O) groups excluding carboxylic acids is 1. The largest absolute Gasteiger partial charge is 0.463 e. The molecule has 0 bridgehead atoms. The first kappa shape index (κ1) is 13.1. The lowest BCUT2D eigenvalue weighted by Crippen LogP contribution is -2.25. The van der Waals surface area contributed by atoms with Crippen LogP contribution in [-0.4, -0.2) is 20.6 Å². The van der Waals surface area contributed by atoms with Crippen molar-refractivity contribution in [2.45, 2.75) is 26.4 Å². The highest BCUT2D eigenvalue weighted by atomic mass is 16.3. The minimum atomic E-state index is 0.0169. The lowest BCUT2D eigenvalue weighted by molar-refractivity contribution is 0.0749. The zero-order chi connectivity index (χ0) is 15.3. The van der Waals surface area contributed by atoms with Gasteiger partial charge >= 0.3 is 0 Å². The molecular formula is C17H17N3O2. The Labute approximate surface area is 128 Å². The van der Waals surface area contributed by atoms with Crippen LogP contribution in [0.5, 0.6) is 0 Å². The van der Waals surface area contributed by atoms with Gasteiger partial charge in [0.05, 0.1) is 24.0 Å². The van der Waals surface area contributed by atoms with Crippen LogP contribution in [0.1, 0.15) is 34.1 Å². The van der Waals surface area contributed by atoms with E-state index >= 15 is 0 Å². The van der Waals surface area contributed by atoms with Crippen molar-refractivity contribution in [3.8, 4) is 0 Å². The predicted molar refractivity (Wildman–Crippen MR) is 82.4 cm³/mol. The molecule has 5 nitrogen and oxygen atoms in total. The minimum Gasteiger partial charge on any atom is -0.463 e. The number of nitrogens with zero attached hydrogens (tertiary/aromatic N) is 3. The Morgan fingerprint density at radius 3 is 3.00 bits per heavy atom. The minimum absolute atomic E-state index is 0.0169. The Morgan fingerprint density at radius 2 is 2.23 bits per heavy atom. The van der Waals surface area contributed by atoms with Crippen LogP contribution < -0.4 is 0 Å². The molecule has 0 saturated carbocycles. The zero-order valence-electron chi connectivity index (χ0n) is 12.7. The number of rotatable bonds is 2. The summed E-state index contributed by atoms with van der Waals surface area (Å²) >= 11 is 0. The van der Waals surface area contributed by atoms with Crippen LogP contribution in [0.15, 0.2) is 35.1 Å². The molecule has 112 valence electrons. The summed E-state index contributed by atoms with van der Waals surface area (Å²) < 4.78 is 7.39. The fourth-order valence-corrected chi connectivity index (χ4v) is 3.06. The van der Waals surface area contributed by atoms with Gasteiger partial charge in [0.2, 0.25) is 0 Å². The van der Waals surface area contributed by atoms with Gasteiger partial charge in [0.15, 0.2) is 0 Å². The first-order valence-electron chi connectivity index (χ1n) is 7.46. The Kier molecular flexibility index (Phi) is 2.82. The lowest BCUT2D eigenvalue weighted by atomic mass is 10.1. The molecule has 3 heterocycles. The Balaban J connectivity index is 1.69. The third-order valence-electron chi connectivity index (χ3n) is 4.41. The van der Waals surface area contributed by atoms with Crippen molar-refractivity contribution in [2.24, 2.45) is 7.05 Å². The summed E-state index contributed by atoms with van der Waals surface area (Å²) in [7, 11) is 1.91. The molecule has 3 aromatic rings. The van der Waals surface area contributed by atoms with Gasteiger partial charge in [-0.2, -0.15) is 5.10 Å². The third-order valence-corrected chi connectivity index (χ3v) is 4.41. The monoisotopic (exact) mass is 295 g/mol. The summed E-state index contributed by atoms with van der Waals surface area (Å²) in [6.45, 7) is 3.32. The number of carbonyl (C=O) groups is 1. The van der Waals surface area contributed by atoms with Crippen molar-refractivity contribution in [2.75, 3.05) is 0 Å². The number of benzene rings is 1. The molecule has 0 unspecified atom stereocenters. The maximum absolute atomic E-state index is 12.8. The van der Waals surface area contributed by atoms with Gasteiger partial charge in [-0.1, -0.05) is 13.0 Å². The van der Waals surface area contributed by atoms with E-state index in [0.29, 0.717) is 18.7 Å². The Morgan fingerprint density at radius 1 is 1.36 bits per heavy atom. The second-order valence-electron chi connectivity index (χ2n) is 5.73. The third kappa shape index (κ3) is 1.85. The number of aryl methyl sites for hydroxylation is 2. The van der Waals surface area contributed by atoms with E-state index in [2.05, 4.69) is 18.1 Å². The van der Waals surface area contributed by atoms with Gasteiger partial charge in [-0.3, -0.25) is 9.48 Å². The summed E-state index contributed by atoms with van der Waals surface area (Å²) in [5.74, 6) is 0.0169. The number of hydrogen-bond donors (Lipinski definition) is 0. The maximum Gasteiger partial charge on any atom is 0.258 e. The molecule has 1 amide bonds. The van der Waals surface area contributed by atoms with Crippen LogP contribution in [-0.2, 0) is 26.6 Å². The number of hydrogen-bond acceptors (Lipinski definition) is 3. The van der Waals surface area contributed by atoms with E-state index < -0.39 is 0 Å². The summed E-state index contributed by atoms with van der Waals surface area (Å²) in [6.07, 6.45) is 4.36. The van der Waals surface area contributed by atoms with Crippen molar-refractivity contribution in [3.63, 3.8) is 0 Å². The molecule has 1 aliphatic heterocycles. The average molecular weight is 295 g/mol. The van der Waals surface area contributed by atoms with Crippen LogP contribution in [0.3, 0.4) is 0 Å². The van der Waals surface area contributed by atoms with Crippen LogP contribution in [0.4, 0.5) is 0 Å². The maximum atomic E-state index is 12.8. The Bertz CT molecular complexity index is 875. The number of aromatic nitrogens is 2. The normalized spacial score (nSPS) is 13.8. The van der Waals surface area contributed by atoms with Crippen molar-refractivity contribution < 1.29 is 9.21 Å². The molecule has 0 spiro atoms. The van der Waals surface area contributed by atoms with Gasteiger partial charge in [-0.15, -0.1) is 0 Å². The summed E-state index contributed by atoms with van der Waals surface area (Å²) in [5, 5.41) is 5.13. The van der Waals surface area contributed by atoms with Gasteiger partial charge in [0.25, 0.3) is 5.91 Å². The predicted octanol–water partition coefficient (Wildman–Crippen LogP) is 2.88. The van der Waals surface area contributed by atoms with Crippen LogP contribution in [0.2, 0.25) is 0 Å². The van der Waals surface area contributed by atoms with Crippen LogP contribution in [0.25, 0.3) is 11.0 Å². The second kappa shape index (κ2) is 4.73. The molecular weight excluding hydrogens is 278 g/mol. The smallest absolute Gasteiger partial charge is 0.258 e. The van der Waals surface area contributed by atoms with E-state index in [1.807, 2.05) is 35.0 Å². The number of furan rings is 1. The van der Waals surface area contributed by atoms with Gasteiger partial charge in [0, 0.05) is 24.5 Å². The van der Waals surface area contributed by atoms with E-state index in [9.17, 15) is 4.79 Å². The van der Waals surface area contributed by atoms with Gasteiger partial charge in [-0.05, 0) is 24.1 Å². The molecule has 0 saturated heterocycles. The van der Waals surface area contributed by atoms with Gasteiger partial charge in [0.1, 0.15) is 11.8 Å². The molecule has 1 aliphatic rings. The van der Waals surface area contributed by atoms with Crippen molar-refractivity contribution >= 4 is 16.9 Å². The number of amides is 1. The van der Waals surface area contributed by atoms with Crippen LogP contribution >= 0.6 is 0 Å². The molecule has 0 N–H and O–H groups in total. The van der Waals surface area contributed by atoms with Crippen molar-refractivity contribution in [3.05, 3.63) is 53.0 Å². The molecule has 5 heteroatoms. The highest BCUT2D eigenvalue weighted by molar-refractivity contribution is 6.06. The van der Waals surface area contributed by atoms with E-state index in [-0.39, 0.29) is 5.91 Å². The first-order chi connectivity index (χ1) is 10.7.